The quantitative estimate of drug-likeness (QED) is 0.811. The summed E-state index contributed by atoms with van der Waals surface area (Å²) in [5, 5.41) is 0. The maximum atomic E-state index is 12.8. The van der Waals surface area contributed by atoms with Gasteiger partial charge in [-0.2, -0.15) is 0 Å². The zero-order chi connectivity index (χ0) is 18.1. The van der Waals surface area contributed by atoms with Crippen molar-refractivity contribution in [3.05, 3.63) is 18.2 Å². The van der Waals surface area contributed by atoms with Crippen molar-refractivity contribution in [3.63, 3.8) is 0 Å². The summed E-state index contributed by atoms with van der Waals surface area (Å²) in [4.78, 5) is 33.5. The third-order valence-electron chi connectivity index (χ3n) is 6.91. The standard InChI is InChI=1S/C20H30N4O2/c1-16-21-9-12-23(16)14-19(26)24-13-17(20(15-24)7-4-8-20)5-6-18(25)22-10-2-3-11-22/h9,12,17H,2-8,10-11,13-15H2,1H3. The summed E-state index contributed by atoms with van der Waals surface area (Å²) in [7, 11) is 0. The Morgan fingerprint density at radius 1 is 1.15 bits per heavy atom. The first kappa shape index (κ1) is 17.6. The van der Waals surface area contributed by atoms with Crippen LogP contribution in [-0.2, 0) is 16.1 Å². The van der Waals surface area contributed by atoms with Gasteiger partial charge in [-0.15, -0.1) is 0 Å². The monoisotopic (exact) mass is 358 g/mol. The number of amides is 2. The van der Waals surface area contributed by atoms with E-state index in [1.807, 2.05) is 27.5 Å². The third kappa shape index (κ3) is 3.26. The first-order valence-electron chi connectivity index (χ1n) is 10.1. The van der Waals surface area contributed by atoms with E-state index in [1.165, 1.54) is 19.3 Å². The van der Waals surface area contributed by atoms with E-state index >= 15 is 0 Å². The molecule has 2 saturated heterocycles. The van der Waals surface area contributed by atoms with Crippen molar-refractivity contribution < 1.29 is 9.59 Å². The SMILES string of the molecule is Cc1nccn1CC(=O)N1CC(CCC(=O)N2CCCC2)C2(CCC2)C1. The molecule has 6 nitrogen and oxygen atoms in total. The Bertz CT molecular complexity index is 673. The first-order chi connectivity index (χ1) is 12.6. The molecule has 0 N–H and O–H groups in total. The van der Waals surface area contributed by atoms with Gasteiger partial charge in [0.1, 0.15) is 12.4 Å². The van der Waals surface area contributed by atoms with Crippen LogP contribution in [0, 0.1) is 18.3 Å². The second kappa shape index (κ2) is 7.05. The molecule has 6 heteroatoms. The Labute approximate surface area is 155 Å². The molecule has 0 radical (unpaired) electrons. The third-order valence-corrected chi connectivity index (χ3v) is 6.91. The molecule has 2 amide bonds. The van der Waals surface area contributed by atoms with Crippen LogP contribution in [0.3, 0.4) is 0 Å². The Morgan fingerprint density at radius 3 is 2.54 bits per heavy atom. The molecule has 1 aliphatic carbocycles. The van der Waals surface area contributed by atoms with Crippen molar-refractivity contribution in [2.75, 3.05) is 26.2 Å². The first-order valence-corrected chi connectivity index (χ1v) is 10.1. The van der Waals surface area contributed by atoms with Crippen molar-refractivity contribution in [3.8, 4) is 0 Å². The van der Waals surface area contributed by atoms with Gasteiger partial charge >= 0.3 is 0 Å². The van der Waals surface area contributed by atoms with E-state index in [2.05, 4.69) is 4.98 Å². The van der Waals surface area contributed by atoms with Crippen LogP contribution in [0.5, 0.6) is 0 Å². The normalized spacial score (nSPS) is 24.3. The molecule has 1 spiro atoms. The fraction of sp³-hybridized carbons (Fsp3) is 0.750. The molecule has 1 aromatic heterocycles. The second-order valence-electron chi connectivity index (χ2n) is 8.42. The summed E-state index contributed by atoms with van der Waals surface area (Å²) in [6.45, 7) is 5.87. The van der Waals surface area contributed by atoms with Crippen LogP contribution in [0.1, 0.15) is 50.8 Å². The van der Waals surface area contributed by atoms with Gasteiger partial charge in [0.2, 0.25) is 11.8 Å². The van der Waals surface area contributed by atoms with E-state index in [0.717, 1.165) is 51.3 Å². The number of carbonyl (C=O) groups is 2. The van der Waals surface area contributed by atoms with Crippen LogP contribution in [0.2, 0.25) is 0 Å². The van der Waals surface area contributed by atoms with Crippen molar-refractivity contribution in [1.29, 1.82) is 0 Å². The van der Waals surface area contributed by atoms with Gasteiger partial charge in [0.25, 0.3) is 0 Å². The van der Waals surface area contributed by atoms with Crippen LogP contribution in [0.15, 0.2) is 12.4 Å². The molecule has 1 unspecified atom stereocenters. The fourth-order valence-electron chi connectivity index (χ4n) is 5.06. The van der Waals surface area contributed by atoms with Crippen LogP contribution in [0.25, 0.3) is 0 Å². The van der Waals surface area contributed by atoms with Gasteiger partial charge in [-0.1, -0.05) is 6.42 Å². The molecule has 0 aromatic carbocycles. The van der Waals surface area contributed by atoms with Crippen LogP contribution >= 0.6 is 0 Å². The lowest BCUT2D eigenvalue weighted by Crippen LogP contribution is -2.39. The molecule has 3 aliphatic rings. The van der Waals surface area contributed by atoms with Gasteiger partial charge < -0.3 is 14.4 Å². The molecule has 1 aromatic rings. The van der Waals surface area contributed by atoms with Gasteiger partial charge in [-0.05, 0) is 50.4 Å². The van der Waals surface area contributed by atoms with Crippen molar-refractivity contribution in [2.45, 2.75) is 58.4 Å². The molecule has 26 heavy (non-hydrogen) atoms. The Balaban J connectivity index is 1.35. The highest BCUT2D eigenvalue weighted by molar-refractivity contribution is 5.77. The molecule has 0 bridgehead atoms. The number of aromatic nitrogens is 2. The average molecular weight is 358 g/mol. The predicted octanol–water partition coefficient (Wildman–Crippen LogP) is 2.22. The molecule has 142 valence electrons. The second-order valence-corrected chi connectivity index (χ2v) is 8.42. The van der Waals surface area contributed by atoms with Gasteiger partial charge in [-0.3, -0.25) is 9.59 Å². The number of nitrogens with zero attached hydrogens (tertiary/aromatic N) is 4. The molecule has 3 fully saturated rings. The van der Waals surface area contributed by atoms with Crippen molar-refractivity contribution >= 4 is 11.8 Å². The number of imidazole rings is 1. The number of hydrogen-bond acceptors (Lipinski definition) is 3. The average Bonchev–Trinajstić information content (AvgIpc) is 3.32. The number of rotatable bonds is 5. The van der Waals surface area contributed by atoms with Gasteiger partial charge in [0.05, 0.1) is 0 Å². The molecule has 1 atom stereocenters. The van der Waals surface area contributed by atoms with Crippen molar-refractivity contribution in [2.24, 2.45) is 11.3 Å². The molecule has 2 aliphatic heterocycles. The van der Waals surface area contributed by atoms with Crippen LogP contribution in [-0.4, -0.2) is 57.3 Å². The summed E-state index contributed by atoms with van der Waals surface area (Å²) in [6, 6.07) is 0. The van der Waals surface area contributed by atoms with E-state index in [4.69, 9.17) is 0 Å². The summed E-state index contributed by atoms with van der Waals surface area (Å²) in [6.07, 6.45) is 11.2. The largest absolute Gasteiger partial charge is 0.343 e. The van der Waals surface area contributed by atoms with E-state index in [0.29, 0.717) is 24.8 Å². The maximum Gasteiger partial charge on any atom is 0.242 e. The van der Waals surface area contributed by atoms with Gasteiger partial charge in [-0.25, -0.2) is 4.98 Å². The summed E-state index contributed by atoms with van der Waals surface area (Å²) < 4.78 is 1.92. The Morgan fingerprint density at radius 2 is 1.92 bits per heavy atom. The zero-order valence-corrected chi connectivity index (χ0v) is 15.8. The summed E-state index contributed by atoms with van der Waals surface area (Å²) in [5.41, 5.74) is 0.283. The highest BCUT2D eigenvalue weighted by atomic mass is 16.2. The molecule has 4 rings (SSSR count). The number of likely N-dealkylation sites (tertiary alicyclic amines) is 2. The minimum Gasteiger partial charge on any atom is -0.343 e. The topological polar surface area (TPSA) is 58.4 Å². The fourth-order valence-corrected chi connectivity index (χ4v) is 5.06. The Hall–Kier alpha value is -1.85. The lowest BCUT2D eigenvalue weighted by Gasteiger charge is -2.43. The summed E-state index contributed by atoms with van der Waals surface area (Å²) >= 11 is 0. The number of carbonyl (C=O) groups excluding carboxylic acids is 2. The van der Waals surface area contributed by atoms with E-state index < -0.39 is 0 Å². The number of aryl methyl sites for hydroxylation is 1. The van der Waals surface area contributed by atoms with E-state index in [1.54, 1.807) is 6.20 Å². The summed E-state index contributed by atoms with van der Waals surface area (Å²) in [5.74, 6) is 1.86. The van der Waals surface area contributed by atoms with Crippen LogP contribution in [0.4, 0.5) is 0 Å². The molecule has 1 saturated carbocycles. The molecular formula is C20H30N4O2. The zero-order valence-electron chi connectivity index (χ0n) is 15.8. The number of hydrogen-bond donors (Lipinski definition) is 0. The van der Waals surface area contributed by atoms with Crippen molar-refractivity contribution in [1.82, 2.24) is 19.4 Å². The molecular weight excluding hydrogens is 328 g/mol. The smallest absolute Gasteiger partial charge is 0.242 e. The minimum absolute atomic E-state index is 0.186. The van der Waals surface area contributed by atoms with E-state index in [-0.39, 0.29) is 11.3 Å². The van der Waals surface area contributed by atoms with Gasteiger partial charge in [0, 0.05) is 45.0 Å². The predicted molar refractivity (Wildman–Crippen MR) is 98.4 cm³/mol. The highest BCUT2D eigenvalue weighted by Gasteiger charge is 2.51. The van der Waals surface area contributed by atoms with Crippen LogP contribution < -0.4 is 0 Å². The molecule has 3 heterocycles. The Kier molecular flexibility index (Phi) is 4.76. The highest BCUT2D eigenvalue weighted by Crippen LogP contribution is 2.53. The lowest BCUT2D eigenvalue weighted by atomic mass is 9.62. The maximum absolute atomic E-state index is 12.8. The van der Waals surface area contributed by atoms with E-state index in [9.17, 15) is 9.59 Å². The lowest BCUT2D eigenvalue weighted by molar-refractivity contribution is -0.131. The minimum atomic E-state index is 0.186. The van der Waals surface area contributed by atoms with Gasteiger partial charge in [0.15, 0.2) is 0 Å².